The average molecular weight is 712 g/mol. The first-order valence-electron chi connectivity index (χ1n) is 19.2. The number of benzene rings is 9. The fourth-order valence-electron chi connectivity index (χ4n) is 8.22. The summed E-state index contributed by atoms with van der Waals surface area (Å²) in [4.78, 5) is 5.18. The maximum atomic E-state index is 5.18. The summed E-state index contributed by atoms with van der Waals surface area (Å²) in [5, 5.41) is 4.90. The Labute approximate surface area is 327 Å². The van der Waals surface area contributed by atoms with Gasteiger partial charge in [0.1, 0.15) is 0 Å². The lowest BCUT2D eigenvalue weighted by Gasteiger charge is -2.20. The lowest BCUT2D eigenvalue weighted by molar-refractivity contribution is 1.32. The zero-order valence-corrected chi connectivity index (χ0v) is 30.8. The van der Waals surface area contributed by atoms with Gasteiger partial charge in [-0.05, 0) is 101 Å². The Hall–Kier alpha value is -7.35. The van der Waals surface area contributed by atoms with E-state index in [1.165, 1.54) is 66.1 Å². The van der Waals surface area contributed by atoms with Crippen LogP contribution in [0.15, 0.2) is 224 Å². The minimum Gasteiger partial charge on any atom is -0.248 e. The molecule has 0 aliphatic heterocycles. The van der Waals surface area contributed by atoms with Crippen LogP contribution in [0.3, 0.4) is 0 Å². The Morgan fingerprint density at radius 3 is 1.04 bits per heavy atom. The van der Waals surface area contributed by atoms with Crippen LogP contribution in [-0.2, 0) is 0 Å². The molecule has 10 rings (SSSR count). The molecule has 0 unspecified atom stereocenters. The molecule has 56 heavy (non-hydrogen) atoms. The summed E-state index contributed by atoms with van der Waals surface area (Å²) < 4.78 is 0. The van der Waals surface area contributed by atoms with E-state index in [-0.39, 0.29) is 0 Å². The maximum Gasteiger partial charge on any atom is 0.0715 e. The molecule has 0 aliphatic rings. The fourth-order valence-corrected chi connectivity index (χ4v) is 8.22. The van der Waals surface area contributed by atoms with E-state index in [1.54, 1.807) is 0 Å². The number of hydrogen-bond acceptors (Lipinski definition) is 1. The third-order valence-corrected chi connectivity index (χ3v) is 10.9. The van der Waals surface area contributed by atoms with Gasteiger partial charge in [0.05, 0.1) is 11.4 Å². The van der Waals surface area contributed by atoms with Crippen molar-refractivity contribution in [2.45, 2.75) is 0 Å². The Morgan fingerprint density at radius 2 is 0.571 bits per heavy atom. The highest BCUT2D eigenvalue weighted by Gasteiger charge is 2.20. The van der Waals surface area contributed by atoms with E-state index in [4.69, 9.17) is 4.98 Å². The van der Waals surface area contributed by atoms with E-state index >= 15 is 0 Å². The molecule has 9 aromatic carbocycles. The molecule has 0 fully saturated rings. The molecule has 0 bridgehead atoms. The lowest BCUT2D eigenvalue weighted by Crippen LogP contribution is -1.94. The van der Waals surface area contributed by atoms with Crippen LogP contribution in [0.4, 0.5) is 0 Å². The third-order valence-electron chi connectivity index (χ3n) is 10.9. The number of aromatic nitrogens is 1. The molecule has 1 nitrogen and oxygen atoms in total. The first kappa shape index (κ1) is 33.2. The molecule has 1 heterocycles. The Kier molecular flexibility index (Phi) is 8.59. The van der Waals surface area contributed by atoms with Gasteiger partial charge in [-0.25, -0.2) is 4.98 Å². The molecule has 0 saturated heterocycles. The van der Waals surface area contributed by atoms with E-state index in [9.17, 15) is 0 Å². The van der Waals surface area contributed by atoms with Gasteiger partial charge >= 0.3 is 0 Å². The first-order valence-corrected chi connectivity index (χ1v) is 19.2. The first-order chi connectivity index (χ1) is 27.8. The van der Waals surface area contributed by atoms with E-state index in [2.05, 4.69) is 224 Å². The van der Waals surface area contributed by atoms with Gasteiger partial charge in [0, 0.05) is 11.1 Å². The van der Waals surface area contributed by atoms with Crippen LogP contribution in [0.1, 0.15) is 0 Å². The highest BCUT2D eigenvalue weighted by atomic mass is 14.7. The van der Waals surface area contributed by atoms with Crippen molar-refractivity contribution < 1.29 is 0 Å². The predicted octanol–water partition coefficient (Wildman–Crippen LogP) is 15.1. The Morgan fingerprint density at radius 1 is 0.214 bits per heavy atom. The number of rotatable bonds is 7. The minimum absolute atomic E-state index is 0.956. The van der Waals surface area contributed by atoms with Crippen LogP contribution in [0, 0.1) is 0 Å². The summed E-state index contributed by atoms with van der Waals surface area (Å²) in [6, 6.07) is 80.8. The third kappa shape index (κ3) is 6.16. The molecule has 1 aromatic heterocycles. The summed E-state index contributed by atoms with van der Waals surface area (Å²) in [6.45, 7) is 0. The number of nitrogens with zero attached hydrogens (tertiary/aromatic N) is 1. The molecule has 0 aliphatic carbocycles. The Balaban J connectivity index is 1.26. The second kappa shape index (κ2) is 14.5. The highest BCUT2D eigenvalue weighted by molar-refractivity contribution is 6.22. The van der Waals surface area contributed by atoms with E-state index in [0.717, 1.165) is 33.6 Å². The molecular formula is C55H37N. The van der Waals surface area contributed by atoms with Gasteiger partial charge in [-0.15, -0.1) is 0 Å². The SMILES string of the molecule is c1ccc(-c2cc(-c3ccc4c(-c5ccccc5)c5cc(-c6ccccc6-c6ccccc6)ccc5c(-c5ccccc5)c4c3)cc(-c3ccccc3)n2)cc1. The smallest absolute Gasteiger partial charge is 0.0715 e. The van der Waals surface area contributed by atoms with Crippen molar-refractivity contribution in [2.75, 3.05) is 0 Å². The molecule has 0 N–H and O–H groups in total. The van der Waals surface area contributed by atoms with Gasteiger partial charge < -0.3 is 0 Å². The zero-order chi connectivity index (χ0) is 37.3. The molecule has 0 amide bonds. The van der Waals surface area contributed by atoms with E-state index in [0.29, 0.717) is 0 Å². The zero-order valence-electron chi connectivity index (χ0n) is 30.8. The monoisotopic (exact) mass is 711 g/mol. The fraction of sp³-hybridized carbons (Fsp3) is 0. The van der Waals surface area contributed by atoms with Gasteiger partial charge in [-0.2, -0.15) is 0 Å². The van der Waals surface area contributed by atoms with Crippen molar-refractivity contribution >= 4 is 21.5 Å². The van der Waals surface area contributed by atoms with Crippen molar-refractivity contribution in [3.8, 4) is 78.1 Å². The van der Waals surface area contributed by atoms with Gasteiger partial charge in [0.2, 0.25) is 0 Å². The Bertz CT molecular complexity index is 2910. The average Bonchev–Trinajstić information content (AvgIpc) is 3.29. The summed E-state index contributed by atoms with van der Waals surface area (Å²) >= 11 is 0. The van der Waals surface area contributed by atoms with Crippen LogP contribution in [0.5, 0.6) is 0 Å². The standard InChI is InChI=1S/C55H37N/c1-6-18-38(19-7-1)46-28-16-17-29-47(46)44-31-33-49-51(35-44)55(42-26-14-5-15-27-42)48-32-30-43(34-50(48)54(49)41-24-12-4-13-25-41)45-36-52(39-20-8-2-9-21-39)56-53(37-45)40-22-10-3-11-23-40/h1-37H. The maximum absolute atomic E-state index is 5.18. The van der Waals surface area contributed by atoms with Crippen molar-refractivity contribution in [3.05, 3.63) is 224 Å². The van der Waals surface area contributed by atoms with Crippen molar-refractivity contribution in [2.24, 2.45) is 0 Å². The summed E-state index contributed by atoms with van der Waals surface area (Å²) in [5.74, 6) is 0. The molecule has 0 radical (unpaired) electrons. The van der Waals surface area contributed by atoms with Crippen molar-refractivity contribution in [1.82, 2.24) is 4.98 Å². The molecule has 262 valence electrons. The highest BCUT2D eigenvalue weighted by Crippen LogP contribution is 2.47. The normalized spacial score (nSPS) is 11.2. The van der Waals surface area contributed by atoms with Crippen LogP contribution in [0.25, 0.3) is 99.7 Å². The van der Waals surface area contributed by atoms with E-state index < -0.39 is 0 Å². The van der Waals surface area contributed by atoms with Crippen LogP contribution in [0.2, 0.25) is 0 Å². The molecule has 0 spiro atoms. The van der Waals surface area contributed by atoms with Crippen LogP contribution < -0.4 is 0 Å². The van der Waals surface area contributed by atoms with Crippen LogP contribution >= 0.6 is 0 Å². The largest absolute Gasteiger partial charge is 0.248 e. The van der Waals surface area contributed by atoms with E-state index in [1.807, 2.05) is 0 Å². The minimum atomic E-state index is 0.956. The number of pyridine rings is 1. The molecule has 1 heteroatoms. The predicted molar refractivity (Wildman–Crippen MR) is 237 cm³/mol. The molecule has 10 aromatic rings. The van der Waals surface area contributed by atoms with Gasteiger partial charge in [0.15, 0.2) is 0 Å². The van der Waals surface area contributed by atoms with Crippen molar-refractivity contribution in [3.63, 3.8) is 0 Å². The molecule has 0 atom stereocenters. The molecular weight excluding hydrogens is 675 g/mol. The van der Waals surface area contributed by atoms with Crippen LogP contribution in [-0.4, -0.2) is 4.98 Å². The second-order valence-corrected chi connectivity index (χ2v) is 14.3. The summed E-state index contributed by atoms with van der Waals surface area (Å²) in [7, 11) is 0. The van der Waals surface area contributed by atoms with Crippen molar-refractivity contribution in [1.29, 1.82) is 0 Å². The van der Waals surface area contributed by atoms with Gasteiger partial charge in [0.25, 0.3) is 0 Å². The summed E-state index contributed by atoms with van der Waals surface area (Å²) in [6.07, 6.45) is 0. The quantitative estimate of drug-likeness (QED) is 0.150. The topological polar surface area (TPSA) is 12.9 Å². The number of hydrogen-bond donors (Lipinski definition) is 0. The van der Waals surface area contributed by atoms with Gasteiger partial charge in [-0.3, -0.25) is 0 Å². The summed E-state index contributed by atoms with van der Waals surface area (Å²) in [5.41, 5.74) is 16.1. The van der Waals surface area contributed by atoms with Gasteiger partial charge in [-0.1, -0.05) is 200 Å². The molecule has 0 saturated carbocycles. The second-order valence-electron chi connectivity index (χ2n) is 14.3. The lowest BCUT2D eigenvalue weighted by atomic mass is 9.83. The number of fused-ring (bicyclic) bond motifs is 2.